The van der Waals surface area contributed by atoms with Gasteiger partial charge in [-0.05, 0) is 56.8 Å². The lowest BCUT2D eigenvalue weighted by atomic mass is 9.72. The number of nitrogens with zero attached hydrogens (tertiary/aromatic N) is 1. The van der Waals surface area contributed by atoms with Crippen molar-refractivity contribution in [3.63, 3.8) is 0 Å². The number of nitrogens with two attached hydrogens (primary N) is 1. The molecule has 2 N–H and O–H groups in total. The molecule has 3 nitrogen and oxygen atoms in total. The monoisotopic (exact) mass is 314 g/mol. The van der Waals surface area contributed by atoms with Gasteiger partial charge in [-0.1, -0.05) is 32.1 Å². The Balaban J connectivity index is 2.01. The molecule has 3 aliphatic rings. The SMILES string of the molecule is CC(C)CC1OCC12CCC1=C(N)/C=C\C=C/C=C1N2C(C)C. The zero-order valence-corrected chi connectivity index (χ0v) is 14.9. The minimum Gasteiger partial charge on any atom is -0.398 e. The molecule has 1 spiro atoms. The molecular formula is C20H30N2O. The number of likely N-dealkylation sites (tertiary alicyclic amines) is 1. The number of hydrogen-bond acceptors (Lipinski definition) is 3. The Morgan fingerprint density at radius 1 is 1.26 bits per heavy atom. The first-order valence-electron chi connectivity index (χ1n) is 8.90. The summed E-state index contributed by atoms with van der Waals surface area (Å²) in [6, 6.07) is 0.430. The molecule has 0 radical (unpaired) electrons. The van der Waals surface area contributed by atoms with E-state index in [1.807, 2.05) is 12.2 Å². The summed E-state index contributed by atoms with van der Waals surface area (Å²) in [7, 11) is 0. The highest BCUT2D eigenvalue weighted by atomic mass is 16.5. The predicted octanol–water partition coefficient (Wildman–Crippen LogP) is 3.90. The third-order valence-electron chi connectivity index (χ3n) is 5.29. The van der Waals surface area contributed by atoms with Gasteiger partial charge in [0.2, 0.25) is 0 Å². The molecule has 0 amide bonds. The minimum atomic E-state index is 0.144. The largest absolute Gasteiger partial charge is 0.398 e. The van der Waals surface area contributed by atoms with Crippen molar-refractivity contribution >= 4 is 0 Å². The van der Waals surface area contributed by atoms with E-state index in [-0.39, 0.29) is 5.54 Å². The van der Waals surface area contributed by atoms with Gasteiger partial charge in [0, 0.05) is 17.4 Å². The summed E-state index contributed by atoms with van der Waals surface area (Å²) >= 11 is 0. The number of piperidine rings is 1. The molecule has 2 aliphatic heterocycles. The van der Waals surface area contributed by atoms with Gasteiger partial charge in [0.1, 0.15) is 0 Å². The van der Waals surface area contributed by atoms with Crippen molar-refractivity contribution in [1.82, 2.24) is 4.90 Å². The van der Waals surface area contributed by atoms with Crippen LogP contribution in [-0.4, -0.2) is 29.2 Å². The molecule has 3 heteroatoms. The highest BCUT2D eigenvalue weighted by Crippen LogP contribution is 2.49. The summed E-state index contributed by atoms with van der Waals surface area (Å²) in [4.78, 5) is 2.60. The maximum absolute atomic E-state index is 6.34. The third kappa shape index (κ3) is 2.76. The Hall–Kier alpha value is -1.48. The van der Waals surface area contributed by atoms with Gasteiger partial charge in [-0.25, -0.2) is 0 Å². The Bertz CT molecular complexity index is 582. The molecule has 0 aromatic heterocycles. The molecule has 3 rings (SSSR count). The van der Waals surface area contributed by atoms with Crippen molar-refractivity contribution in [2.24, 2.45) is 11.7 Å². The molecule has 2 fully saturated rings. The Kier molecular flexibility index (Phi) is 4.41. The molecular weight excluding hydrogens is 284 g/mol. The number of fused-ring (bicyclic) bond motifs is 1. The molecule has 2 heterocycles. The summed E-state index contributed by atoms with van der Waals surface area (Å²) in [5.41, 5.74) is 9.98. The maximum atomic E-state index is 6.34. The fourth-order valence-corrected chi connectivity index (χ4v) is 4.28. The maximum Gasteiger partial charge on any atom is 0.0901 e. The van der Waals surface area contributed by atoms with E-state index in [1.165, 1.54) is 11.3 Å². The first-order valence-corrected chi connectivity index (χ1v) is 8.90. The number of hydrogen-bond donors (Lipinski definition) is 1. The van der Waals surface area contributed by atoms with Crippen LogP contribution in [0, 0.1) is 5.92 Å². The van der Waals surface area contributed by atoms with Crippen molar-refractivity contribution in [1.29, 1.82) is 0 Å². The van der Waals surface area contributed by atoms with Crippen LogP contribution >= 0.6 is 0 Å². The molecule has 2 saturated heterocycles. The zero-order chi connectivity index (χ0) is 16.6. The van der Waals surface area contributed by atoms with E-state index in [1.54, 1.807) is 0 Å². The van der Waals surface area contributed by atoms with Gasteiger partial charge in [0.25, 0.3) is 0 Å². The highest BCUT2D eigenvalue weighted by Gasteiger charge is 2.55. The average molecular weight is 314 g/mol. The van der Waals surface area contributed by atoms with Crippen LogP contribution in [0.2, 0.25) is 0 Å². The number of allylic oxidation sites excluding steroid dienone is 6. The second-order valence-electron chi connectivity index (χ2n) is 7.73. The first-order chi connectivity index (χ1) is 11.0. The number of rotatable bonds is 3. The molecule has 0 saturated carbocycles. The van der Waals surface area contributed by atoms with E-state index < -0.39 is 0 Å². The molecule has 2 atom stereocenters. The van der Waals surface area contributed by atoms with Crippen LogP contribution in [0.3, 0.4) is 0 Å². The lowest BCUT2D eigenvalue weighted by Gasteiger charge is -2.61. The molecule has 23 heavy (non-hydrogen) atoms. The van der Waals surface area contributed by atoms with Crippen molar-refractivity contribution in [3.8, 4) is 0 Å². The quantitative estimate of drug-likeness (QED) is 0.858. The standard InChI is InChI=1S/C20H30N2O/c1-14(2)12-19-20(13-23-19)11-10-16-17(21)8-6-5-7-9-18(16)22(20)15(3)4/h5-9,14-15,19H,10-13,21H2,1-4H3/b6-5?,7-5-,8-6-,9-7?,17-8?,17-16?,18-9?. The molecule has 0 bridgehead atoms. The fraction of sp³-hybridized carbons (Fsp3) is 0.600. The lowest BCUT2D eigenvalue weighted by Crippen LogP contribution is -2.71. The Morgan fingerprint density at radius 3 is 2.65 bits per heavy atom. The predicted molar refractivity (Wildman–Crippen MR) is 95.7 cm³/mol. The van der Waals surface area contributed by atoms with E-state index in [0.717, 1.165) is 31.6 Å². The van der Waals surface area contributed by atoms with E-state index in [4.69, 9.17) is 10.5 Å². The van der Waals surface area contributed by atoms with Gasteiger partial charge < -0.3 is 15.4 Å². The molecule has 1 aliphatic carbocycles. The molecule has 0 aromatic rings. The lowest BCUT2D eigenvalue weighted by molar-refractivity contribution is -0.213. The van der Waals surface area contributed by atoms with Crippen LogP contribution in [0.1, 0.15) is 47.0 Å². The van der Waals surface area contributed by atoms with Crippen molar-refractivity contribution in [3.05, 3.63) is 47.3 Å². The second-order valence-corrected chi connectivity index (χ2v) is 7.73. The van der Waals surface area contributed by atoms with Crippen LogP contribution in [0.25, 0.3) is 0 Å². The average Bonchev–Trinajstić information content (AvgIpc) is 2.47. The van der Waals surface area contributed by atoms with Crippen LogP contribution in [-0.2, 0) is 4.74 Å². The van der Waals surface area contributed by atoms with Crippen molar-refractivity contribution in [2.45, 2.75) is 64.6 Å². The van der Waals surface area contributed by atoms with Gasteiger partial charge in [0.15, 0.2) is 0 Å². The minimum absolute atomic E-state index is 0.144. The van der Waals surface area contributed by atoms with Gasteiger partial charge >= 0.3 is 0 Å². The van der Waals surface area contributed by atoms with Gasteiger partial charge in [-0.2, -0.15) is 0 Å². The number of ether oxygens (including phenoxy) is 1. The van der Waals surface area contributed by atoms with Gasteiger partial charge in [-0.3, -0.25) is 0 Å². The summed E-state index contributed by atoms with van der Waals surface area (Å²) in [5, 5.41) is 0. The normalized spacial score (nSPS) is 33.2. The van der Waals surface area contributed by atoms with E-state index in [2.05, 4.69) is 50.8 Å². The summed E-state index contributed by atoms with van der Waals surface area (Å²) < 4.78 is 6.03. The van der Waals surface area contributed by atoms with Crippen molar-refractivity contribution < 1.29 is 4.74 Å². The zero-order valence-electron chi connectivity index (χ0n) is 14.9. The van der Waals surface area contributed by atoms with Crippen LogP contribution < -0.4 is 5.73 Å². The second kappa shape index (κ2) is 6.20. The van der Waals surface area contributed by atoms with E-state index in [0.29, 0.717) is 18.1 Å². The van der Waals surface area contributed by atoms with Crippen LogP contribution in [0.15, 0.2) is 47.3 Å². The summed E-state index contributed by atoms with van der Waals surface area (Å²) in [6.07, 6.45) is 14.1. The van der Waals surface area contributed by atoms with Crippen LogP contribution in [0.4, 0.5) is 0 Å². The highest BCUT2D eigenvalue weighted by molar-refractivity contribution is 5.46. The summed E-state index contributed by atoms with van der Waals surface area (Å²) in [5.74, 6) is 0.655. The topological polar surface area (TPSA) is 38.5 Å². The van der Waals surface area contributed by atoms with Crippen molar-refractivity contribution in [2.75, 3.05) is 6.61 Å². The molecule has 2 unspecified atom stereocenters. The van der Waals surface area contributed by atoms with E-state index in [9.17, 15) is 0 Å². The molecule has 0 aromatic carbocycles. The Morgan fingerprint density at radius 2 is 2.04 bits per heavy atom. The Labute approximate surface area is 140 Å². The van der Waals surface area contributed by atoms with Crippen LogP contribution in [0.5, 0.6) is 0 Å². The smallest absolute Gasteiger partial charge is 0.0901 e. The fourth-order valence-electron chi connectivity index (χ4n) is 4.28. The molecule has 126 valence electrons. The van der Waals surface area contributed by atoms with E-state index >= 15 is 0 Å². The van der Waals surface area contributed by atoms with Gasteiger partial charge in [-0.15, -0.1) is 0 Å². The summed E-state index contributed by atoms with van der Waals surface area (Å²) in [6.45, 7) is 9.97. The van der Waals surface area contributed by atoms with Gasteiger partial charge in [0.05, 0.1) is 18.2 Å². The third-order valence-corrected chi connectivity index (χ3v) is 5.29. The first kappa shape index (κ1) is 16.4.